The highest BCUT2D eigenvalue weighted by molar-refractivity contribution is 5.78. The van der Waals surface area contributed by atoms with Crippen LogP contribution in [0.2, 0.25) is 0 Å². The zero-order chi connectivity index (χ0) is 18.4. The SMILES string of the molecule is COc1ccc(CC(=O)NCc2nccc(N3CCOCC3)n2)cc1C. The molecule has 138 valence electrons. The second-order valence-electron chi connectivity index (χ2n) is 6.19. The minimum Gasteiger partial charge on any atom is -0.496 e. The average molecular weight is 356 g/mol. The van der Waals surface area contributed by atoms with E-state index in [-0.39, 0.29) is 5.91 Å². The molecule has 0 atom stereocenters. The van der Waals surface area contributed by atoms with Crippen molar-refractivity contribution in [2.24, 2.45) is 0 Å². The Kier molecular flexibility index (Phi) is 6.01. The number of benzene rings is 1. The quantitative estimate of drug-likeness (QED) is 0.845. The Morgan fingerprint density at radius 2 is 2.12 bits per heavy atom. The van der Waals surface area contributed by atoms with Gasteiger partial charge >= 0.3 is 0 Å². The number of nitrogens with zero attached hydrogens (tertiary/aromatic N) is 3. The predicted octanol–water partition coefficient (Wildman–Crippen LogP) is 1.49. The van der Waals surface area contributed by atoms with Gasteiger partial charge in [0.2, 0.25) is 5.91 Å². The third-order valence-electron chi connectivity index (χ3n) is 4.29. The number of hydrogen-bond acceptors (Lipinski definition) is 6. The van der Waals surface area contributed by atoms with Crippen LogP contribution in [-0.2, 0) is 22.5 Å². The van der Waals surface area contributed by atoms with Crippen LogP contribution in [0.3, 0.4) is 0 Å². The molecule has 0 aliphatic carbocycles. The smallest absolute Gasteiger partial charge is 0.224 e. The summed E-state index contributed by atoms with van der Waals surface area (Å²) in [5.74, 6) is 2.24. The van der Waals surface area contributed by atoms with E-state index in [0.717, 1.165) is 35.8 Å². The monoisotopic (exact) mass is 356 g/mol. The van der Waals surface area contributed by atoms with Crippen LogP contribution in [0, 0.1) is 6.92 Å². The second kappa shape index (κ2) is 8.62. The second-order valence-corrected chi connectivity index (χ2v) is 6.19. The number of methoxy groups -OCH3 is 1. The van der Waals surface area contributed by atoms with Crippen molar-refractivity contribution in [2.75, 3.05) is 38.3 Å². The molecule has 0 unspecified atom stereocenters. The summed E-state index contributed by atoms with van der Waals surface area (Å²) >= 11 is 0. The molecule has 1 fully saturated rings. The van der Waals surface area contributed by atoms with Crippen LogP contribution in [-0.4, -0.2) is 49.3 Å². The molecule has 7 nitrogen and oxygen atoms in total. The predicted molar refractivity (Wildman–Crippen MR) is 98.3 cm³/mol. The Hall–Kier alpha value is -2.67. The van der Waals surface area contributed by atoms with Crippen LogP contribution in [0.5, 0.6) is 5.75 Å². The van der Waals surface area contributed by atoms with E-state index >= 15 is 0 Å². The number of anilines is 1. The largest absolute Gasteiger partial charge is 0.496 e. The van der Waals surface area contributed by atoms with Crippen LogP contribution in [0.1, 0.15) is 17.0 Å². The van der Waals surface area contributed by atoms with Crippen molar-refractivity contribution in [1.82, 2.24) is 15.3 Å². The molecule has 1 aromatic carbocycles. The van der Waals surface area contributed by atoms with E-state index in [1.807, 2.05) is 31.2 Å². The maximum Gasteiger partial charge on any atom is 0.224 e. The van der Waals surface area contributed by atoms with Crippen molar-refractivity contribution >= 4 is 11.7 Å². The molecule has 1 aliphatic heterocycles. The minimum atomic E-state index is -0.0602. The van der Waals surface area contributed by atoms with Gasteiger partial charge in [0.25, 0.3) is 0 Å². The summed E-state index contributed by atoms with van der Waals surface area (Å²) in [6, 6.07) is 7.64. The molecule has 0 bridgehead atoms. The van der Waals surface area contributed by atoms with E-state index in [0.29, 0.717) is 32.0 Å². The highest BCUT2D eigenvalue weighted by atomic mass is 16.5. The van der Waals surface area contributed by atoms with Gasteiger partial charge in [-0.3, -0.25) is 4.79 Å². The number of rotatable bonds is 6. The summed E-state index contributed by atoms with van der Waals surface area (Å²) in [4.78, 5) is 23.2. The van der Waals surface area contributed by atoms with Gasteiger partial charge in [-0.15, -0.1) is 0 Å². The van der Waals surface area contributed by atoms with Crippen molar-refractivity contribution in [3.63, 3.8) is 0 Å². The number of carbonyl (C=O) groups excluding carboxylic acids is 1. The topological polar surface area (TPSA) is 76.6 Å². The zero-order valence-electron chi connectivity index (χ0n) is 15.2. The van der Waals surface area contributed by atoms with Gasteiger partial charge in [0.15, 0.2) is 0 Å². The molecular formula is C19H24N4O3. The highest BCUT2D eigenvalue weighted by Gasteiger charge is 2.13. The Morgan fingerprint density at radius 3 is 2.85 bits per heavy atom. The van der Waals surface area contributed by atoms with Gasteiger partial charge in [-0.25, -0.2) is 9.97 Å². The number of ether oxygens (including phenoxy) is 2. The lowest BCUT2D eigenvalue weighted by molar-refractivity contribution is -0.120. The van der Waals surface area contributed by atoms with Gasteiger partial charge in [0.1, 0.15) is 17.4 Å². The van der Waals surface area contributed by atoms with Crippen molar-refractivity contribution in [3.05, 3.63) is 47.4 Å². The third kappa shape index (κ3) is 4.70. The first-order valence-electron chi connectivity index (χ1n) is 8.70. The molecule has 1 amide bonds. The number of morpholine rings is 1. The van der Waals surface area contributed by atoms with Gasteiger partial charge in [0.05, 0.1) is 33.3 Å². The van der Waals surface area contributed by atoms with Crippen LogP contribution in [0.4, 0.5) is 5.82 Å². The Balaban J connectivity index is 1.55. The van der Waals surface area contributed by atoms with Crippen LogP contribution in [0.25, 0.3) is 0 Å². The van der Waals surface area contributed by atoms with E-state index in [2.05, 4.69) is 20.2 Å². The van der Waals surface area contributed by atoms with E-state index in [1.165, 1.54) is 0 Å². The molecular weight excluding hydrogens is 332 g/mol. The molecule has 1 saturated heterocycles. The Morgan fingerprint density at radius 1 is 1.31 bits per heavy atom. The van der Waals surface area contributed by atoms with Gasteiger partial charge in [-0.1, -0.05) is 12.1 Å². The standard InChI is InChI=1S/C19H24N4O3/c1-14-11-15(3-4-16(14)25-2)12-19(24)21-13-17-20-6-5-18(22-17)23-7-9-26-10-8-23/h3-6,11H,7-10,12-13H2,1-2H3,(H,21,24). The lowest BCUT2D eigenvalue weighted by Gasteiger charge is -2.27. The van der Waals surface area contributed by atoms with Crippen LogP contribution < -0.4 is 15.0 Å². The van der Waals surface area contributed by atoms with E-state index < -0.39 is 0 Å². The maximum atomic E-state index is 12.2. The molecule has 0 radical (unpaired) electrons. The summed E-state index contributed by atoms with van der Waals surface area (Å²) in [5, 5.41) is 2.89. The number of hydrogen-bond donors (Lipinski definition) is 1. The minimum absolute atomic E-state index is 0.0602. The fourth-order valence-corrected chi connectivity index (χ4v) is 2.92. The summed E-state index contributed by atoms with van der Waals surface area (Å²) in [6.07, 6.45) is 2.04. The van der Waals surface area contributed by atoms with Crippen molar-refractivity contribution in [3.8, 4) is 5.75 Å². The zero-order valence-corrected chi connectivity index (χ0v) is 15.2. The fraction of sp³-hybridized carbons (Fsp3) is 0.421. The van der Waals surface area contributed by atoms with E-state index in [4.69, 9.17) is 9.47 Å². The van der Waals surface area contributed by atoms with Crippen molar-refractivity contribution in [1.29, 1.82) is 0 Å². The lowest BCUT2D eigenvalue weighted by Crippen LogP contribution is -2.37. The first-order valence-corrected chi connectivity index (χ1v) is 8.70. The van der Waals surface area contributed by atoms with Crippen LogP contribution >= 0.6 is 0 Å². The van der Waals surface area contributed by atoms with Gasteiger partial charge in [-0.2, -0.15) is 0 Å². The fourth-order valence-electron chi connectivity index (χ4n) is 2.92. The first kappa shape index (κ1) is 18.1. The van der Waals surface area contributed by atoms with Crippen molar-refractivity contribution in [2.45, 2.75) is 19.9 Å². The number of aromatic nitrogens is 2. The van der Waals surface area contributed by atoms with Gasteiger partial charge in [0, 0.05) is 19.3 Å². The molecule has 1 aliphatic rings. The molecule has 7 heteroatoms. The summed E-state index contributed by atoms with van der Waals surface area (Å²) in [6.45, 7) is 5.32. The third-order valence-corrected chi connectivity index (χ3v) is 4.29. The molecule has 2 aromatic rings. The lowest BCUT2D eigenvalue weighted by atomic mass is 10.1. The maximum absolute atomic E-state index is 12.2. The highest BCUT2D eigenvalue weighted by Crippen LogP contribution is 2.18. The van der Waals surface area contributed by atoms with Crippen LogP contribution in [0.15, 0.2) is 30.5 Å². The van der Waals surface area contributed by atoms with Gasteiger partial charge < -0.3 is 19.7 Å². The number of aryl methyl sites for hydroxylation is 1. The van der Waals surface area contributed by atoms with E-state index in [9.17, 15) is 4.79 Å². The normalized spacial score (nSPS) is 14.2. The summed E-state index contributed by atoms with van der Waals surface area (Å²) < 4.78 is 10.6. The summed E-state index contributed by atoms with van der Waals surface area (Å²) in [5.41, 5.74) is 1.96. The van der Waals surface area contributed by atoms with E-state index in [1.54, 1.807) is 13.3 Å². The molecule has 2 heterocycles. The van der Waals surface area contributed by atoms with Gasteiger partial charge in [-0.05, 0) is 30.2 Å². The molecule has 1 N–H and O–H groups in total. The average Bonchev–Trinajstić information content (AvgIpc) is 2.67. The molecule has 3 rings (SSSR count). The molecule has 1 aromatic heterocycles. The Bertz CT molecular complexity index is 760. The number of carbonyl (C=O) groups is 1. The Labute approximate surface area is 153 Å². The first-order chi connectivity index (χ1) is 12.7. The van der Waals surface area contributed by atoms with Crippen molar-refractivity contribution < 1.29 is 14.3 Å². The molecule has 26 heavy (non-hydrogen) atoms. The number of nitrogens with one attached hydrogen (secondary N) is 1. The summed E-state index contributed by atoms with van der Waals surface area (Å²) in [7, 11) is 1.64. The molecule has 0 saturated carbocycles. The number of amides is 1. The molecule has 0 spiro atoms.